The fraction of sp³-hybridized carbons (Fsp3) is 0.533. The third-order valence-corrected chi connectivity index (χ3v) is 3.11. The molecule has 0 saturated carbocycles. The molecule has 0 bridgehead atoms. The number of rotatable bonds is 7. The van der Waals surface area contributed by atoms with Crippen LogP contribution in [0.3, 0.4) is 0 Å². The molecule has 1 rings (SSSR count). The second-order valence-electron chi connectivity index (χ2n) is 4.83. The average Bonchev–Trinajstić information content (AvgIpc) is 2.41. The standard InChI is InChI=1S/C15H19F4NO/c1-2-3-4-5-6-10-20-14(21)11-8-7-9-12(13(11)16)15(17,18)19/h7-9H,2-6,10H2,1H3,(H,20,21). The predicted octanol–water partition coefficient (Wildman–Crippen LogP) is 4.54. The number of unbranched alkanes of at least 4 members (excludes halogenated alkanes) is 4. The smallest absolute Gasteiger partial charge is 0.352 e. The van der Waals surface area contributed by atoms with Gasteiger partial charge in [-0.25, -0.2) is 4.39 Å². The van der Waals surface area contributed by atoms with Crippen molar-refractivity contribution in [3.8, 4) is 0 Å². The Morgan fingerprint density at radius 1 is 1.14 bits per heavy atom. The topological polar surface area (TPSA) is 29.1 Å². The first-order valence-corrected chi connectivity index (χ1v) is 7.01. The molecule has 118 valence electrons. The Kier molecular flexibility index (Phi) is 6.65. The van der Waals surface area contributed by atoms with Crippen molar-refractivity contribution in [1.82, 2.24) is 5.32 Å². The SMILES string of the molecule is CCCCCCCNC(=O)c1cccc(C(F)(F)F)c1F. The second kappa shape index (κ2) is 8.00. The van der Waals surface area contributed by atoms with E-state index in [1.165, 1.54) is 0 Å². The Morgan fingerprint density at radius 2 is 1.81 bits per heavy atom. The van der Waals surface area contributed by atoms with Crippen LogP contribution in [-0.4, -0.2) is 12.5 Å². The molecule has 0 aromatic heterocycles. The summed E-state index contributed by atoms with van der Waals surface area (Å²) in [6.07, 6.45) is 0.105. The molecule has 0 aliphatic carbocycles. The van der Waals surface area contributed by atoms with Crippen molar-refractivity contribution >= 4 is 5.91 Å². The Bertz CT molecular complexity index is 471. The molecule has 21 heavy (non-hydrogen) atoms. The molecule has 2 nitrogen and oxygen atoms in total. The molecule has 0 heterocycles. The molecule has 0 aliphatic rings. The van der Waals surface area contributed by atoms with Crippen LogP contribution in [0.1, 0.15) is 54.9 Å². The summed E-state index contributed by atoms with van der Waals surface area (Å²) < 4.78 is 51.3. The molecule has 0 spiro atoms. The van der Waals surface area contributed by atoms with E-state index in [0.717, 1.165) is 44.2 Å². The summed E-state index contributed by atoms with van der Waals surface area (Å²) in [4.78, 5) is 11.7. The molecule has 1 amide bonds. The molecule has 0 unspecified atom stereocenters. The van der Waals surface area contributed by atoms with Crippen molar-refractivity contribution in [1.29, 1.82) is 0 Å². The highest BCUT2D eigenvalue weighted by Crippen LogP contribution is 2.32. The number of benzene rings is 1. The summed E-state index contributed by atoms with van der Waals surface area (Å²) >= 11 is 0. The lowest BCUT2D eigenvalue weighted by Gasteiger charge is -2.11. The Morgan fingerprint density at radius 3 is 2.43 bits per heavy atom. The first-order valence-electron chi connectivity index (χ1n) is 7.01. The van der Waals surface area contributed by atoms with Gasteiger partial charge in [-0.3, -0.25) is 4.79 Å². The summed E-state index contributed by atoms with van der Waals surface area (Å²) in [5, 5.41) is 2.45. The normalized spacial score (nSPS) is 11.5. The summed E-state index contributed by atoms with van der Waals surface area (Å²) in [6, 6.07) is 2.70. The maximum atomic E-state index is 13.7. The van der Waals surface area contributed by atoms with Gasteiger partial charge >= 0.3 is 6.18 Å². The van der Waals surface area contributed by atoms with Crippen LogP contribution in [0.15, 0.2) is 18.2 Å². The van der Waals surface area contributed by atoms with E-state index in [0.29, 0.717) is 12.6 Å². The number of nitrogens with one attached hydrogen (secondary N) is 1. The van der Waals surface area contributed by atoms with E-state index in [2.05, 4.69) is 12.2 Å². The van der Waals surface area contributed by atoms with Gasteiger partial charge in [-0.2, -0.15) is 13.2 Å². The van der Waals surface area contributed by atoms with Gasteiger partial charge in [0.2, 0.25) is 0 Å². The Balaban J connectivity index is 2.59. The van der Waals surface area contributed by atoms with Gasteiger partial charge in [0.1, 0.15) is 5.82 Å². The highest BCUT2D eigenvalue weighted by molar-refractivity contribution is 5.94. The molecule has 1 aromatic carbocycles. The summed E-state index contributed by atoms with van der Waals surface area (Å²) in [5.74, 6) is -2.33. The highest BCUT2D eigenvalue weighted by atomic mass is 19.4. The van der Waals surface area contributed by atoms with Gasteiger partial charge in [-0.05, 0) is 18.6 Å². The largest absolute Gasteiger partial charge is 0.419 e. The monoisotopic (exact) mass is 305 g/mol. The molecule has 1 aromatic rings. The molecule has 0 aliphatic heterocycles. The van der Waals surface area contributed by atoms with Crippen LogP contribution >= 0.6 is 0 Å². The number of halogens is 4. The lowest BCUT2D eigenvalue weighted by Crippen LogP contribution is -2.26. The van der Waals surface area contributed by atoms with E-state index >= 15 is 0 Å². The first kappa shape index (κ1) is 17.5. The quantitative estimate of drug-likeness (QED) is 0.581. The molecule has 0 fully saturated rings. The lowest BCUT2D eigenvalue weighted by molar-refractivity contribution is -0.140. The van der Waals surface area contributed by atoms with Gasteiger partial charge < -0.3 is 5.32 Å². The van der Waals surface area contributed by atoms with Gasteiger partial charge in [-0.1, -0.05) is 38.7 Å². The number of carbonyl (C=O) groups excluding carboxylic acids is 1. The van der Waals surface area contributed by atoms with Crippen molar-refractivity contribution in [2.24, 2.45) is 0 Å². The molecular weight excluding hydrogens is 286 g/mol. The molecule has 0 atom stereocenters. The van der Waals surface area contributed by atoms with Gasteiger partial charge in [0.05, 0.1) is 11.1 Å². The van der Waals surface area contributed by atoms with Gasteiger partial charge in [0.15, 0.2) is 0 Å². The lowest BCUT2D eigenvalue weighted by atomic mass is 10.1. The minimum atomic E-state index is -4.81. The molecule has 1 N–H and O–H groups in total. The highest BCUT2D eigenvalue weighted by Gasteiger charge is 2.35. The number of carbonyl (C=O) groups is 1. The third-order valence-electron chi connectivity index (χ3n) is 3.11. The zero-order valence-electron chi connectivity index (χ0n) is 11.9. The van der Waals surface area contributed by atoms with Gasteiger partial charge in [-0.15, -0.1) is 0 Å². The molecule has 0 saturated heterocycles. The van der Waals surface area contributed by atoms with Crippen LogP contribution in [0.2, 0.25) is 0 Å². The Labute approximate surface area is 121 Å². The Hall–Kier alpha value is -1.59. The maximum Gasteiger partial charge on any atom is 0.419 e. The molecule has 6 heteroatoms. The van der Waals surface area contributed by atoms with E-state index < -0.39 is 29.0 Å². The average molecular weight is 305 g/mol. The summed E-state index contributed by atoms with van der Waals surface area (Å²) in [6.45, 7) is 2.41. The minimum Gasteiger partial charge on any atom is -0.352 e. The number of hydrogen-bond acceptors (Lipinski definition) is 1. The van der Waals surface area contributed by atoms with Crippen LogP contribution < -0.4 is 5.32 Å². The van der Waals surface area contributed by atoms with Crippen LogP contribution in [0.5, 0.6) is 0 Å². The fourth-order valence-corrected chi connectivity index (χ4v) is 1.95. The zero-order chi connectivity index (χ0) is 15.9. The first-order chi connectivity index (χ1) is 9.88. The van der Waals surface area contributed by atoms with Crippen molar-refractivity contribution in [3.05, 3.63) is 35.1 Å². The van der Waals surface area contributed by atoms with Crippen LogP contribution in [0.25, 0.3) is 0 Å². The molecular formula is C15H19F4NO. The van der Waals surface area contributed by atoms with Crippen LogP contribution in [0, 0.1) is 5.82 Å². The minimum absolute atomic E-state index is 0.332. The van der Waals surface area contributed by atoms with Crippen molar-refractivity contribution in [3.63, 3.8) is 0 Å². The molecule has 0 radical (unpaired) electrons. The second-order valence-corrected chi connectivity index (χ2v) is 4.83. The summed E-state index contributed by atoms with van der Waals surface area (Å²) in [7, 11) is 0. The third kappa shape index (κ3) is 5.36. The van der Waals surface area contributed by atoms with Crippen molar-refractivity contribution < 1.29 is 22.4 Å². The number of amides is 1. The summed E-state index contributed by atoms with van der Waals surface area (Å²) in [5.41, 5.74) is -1.99. The predicted molar refractivity (Wildman–Crippen MR) is 72.5 cm³/mol. The van der Waals surface area contributed by atoms with Gasteiger partial charge in [0.25, 0.3) is 5.91 Å². The van der Waals surface area contributed by atoms with E-state index in [9.17, 15) is 22.4 Å². The zero-order valence-corrected chi connectivity index (χ0v) is 11.9. The van der Waals surface area contributed by atoms with E-state index in [-0.39, 0.29) is 0 Å². The number of alkyl halides is 3. The fourth-order valence-electron chi connectivity index (χ4n) is 1.95. The maximum absolute atomic E-state index is 13.7. The van der Waals surface area contributed by atoms with E-state index in [1.54, 1.807) is 0 Å². The van der Waals surface area contributed by atoms with Crippen LogP contribution in [-0.2, 0) is 6.18 Å². The van der Waals surface area contributed by atoms with E-state index in [1.807, 2.05) is 0 Å². The van der Waals surface area contributed by atoms with Gasteiger partial charge in [0, 0.05) is 6.54 Å². The van der Waals surface area contributed by atoms with Crippen molar-refractivity contribution in [2.75, 3.05) is 6.54 Å². The van der Waals surface area contributed by atoms with Crippen molar-refractivity contribution in [2.45, 2.75) is 45.2 Å². The van der Waals surface area contributed by atoms with E-state index in [4.69, 9.17) is 0 Å². The van der Waals surface area contributed by atoms with Crippen LogP contribution in [0.4, 0.5) is 17.6 Å². The number of hydrogen-bond donors (Lipinski definition) is 1.